The summed E-state index contributed by atoms with van der Waals surface area (Å²) in [5.41, 5.74) is 0.0266. The Morgan fingerprint density at radius 1 is 1.33 bits per heavy atom. The van der Waals surface area contributed by atoms with Crippen molar-refractivity contribution in [2.45, 2.75) is 58.2 Å². The number of hydrogen-bond donors (Lipinski definition) is 1. The molecule has 0 saturated carbocycles. The van der Waals surface area contributed by atoms with Crippen molar-refractivity contribution >= 4 is 12.4 Å². The van der Waals surface area contributed by atoms with Crippen molar-refractivity contribution in [2.75, 3.05) is 26.2 Å². The van der Waals surface area contributed by atoms with E-state index in [1.54, 1.807) is 0 Å². The van der Waals surface area contributed by atoms with E-state index in [0.717, 1.165) is 18.9 Å². The zero-order valence-corrected chi connectivity index (χ0v) is 13.1. The molecule has 2 saturated heterocycles. The molecule has 0 spiro atoms. The van der Waals surface area contributed by atoms with Gasteiger partial charge in [0.1, 0.15) is 5.72 Å². The molecule has 0 aromatic heterocycles. The van der Waals surface area contributed by atoms with Crippen LogP contribution in [0.4, 0.5) is 0 Å². The zero-order chi connectivity index (χ0) is 12.5. The van der Waals surface area contributed by atoms with Crippen LogP contribution in [0.3, 0.4) is 0 Å². The molecular formula is C14H29ClN2O. The predicted octanol–water partition coefficient (Wildman–Crippen LogP) is 2.64. The molecule has 2 fully saturated rings. The lowest BCUT2D eigenvalue weighted by molar-refractivity contribution is -0.0223. The van der Waals surface area contributed by atoms with Crippen molar-refractivity contribution in [3.63, 3.8) is 0 Å². The molecule has 0 amide bonds. The van der Waals surface area contributed by atoms with E-state index in [1.807, 2.05) is 0 Å². The molecule has 2 aliphatic rings. The largest absolute Gasteiger partial charge is 0.359 e. The van der Waals surface area contributed by atoms with Gasteiger partial charge in [-0.05, 0) is 59.0 Å². The Hall–Kier alpha value is 0.170. The predicted molar refractivity (Wildman–Crippen MR) is 78.3 cm³/mol. The monoisotopic (exact) mass is 276 g/mol. The molecule has 4 heteroatoms. The van der Waals surface area contributed by atoms with Crippen LogP contribution in [0.15, 0.2) is 0 Å². The molecule has 2 atom stereocenters. The van der Waals surface area contributed by atoms with Gasteiger partial charge in [-0.15, -0.1) is 12.4 Å². The Morgan fingerprint density at radius 2 is 2.06 bits per heavy atom. The summed E-state index contributed by atoms with van der Waals surface area (Å²) in [6.45, 7) is 13.5. The maximum absolute atomic E-state index is 6.00. The average Bonchev–Trinajstić information content (AvgIpc) is 2.53. The van der Waals surface area contributed by atoms with Gasteiger partial charge in [-0.1, -0.05) is 6.92 Å². The second kappa shape index (κ2) is 6.08. The first kappa shape index (κ1) is 16.2. The number of hydrogen-bond acceptors (Lipinski definition) is 3. The van der Waals surface area contributed by atoms with Crippen molar-refractivity contribution in [3.05, 3.63) is 0 Å². The fraction of sp³-hybridized carbons (Fsp3) is 1.00. The first-order valence-electron chi connectivity index (χ1n) is 7.08. The average molecular weight is 277 g/mol. The molecular weight excluding hydrogens is 248 g/mol. The third-order valence-electron chi connectivity index (χ3n) is 4.08. The van der Waals surface area contributed by atoms with E-state index < -0.39 is 0 Å². The zero-order valence-electron chi connectivity index (χ0n) is 12.3. The summed E-state index contributed by atoms with van der Waals surface area (Å²) in [5, 5.41) is 3.65. The molecule has 1 N–H and O–H groups in total. The van der Waals surface area contributed by atoms with Crippen molar-refractivity contribution < 1.29 is 4.74 Å². The molecule has 18 heavy (non-hydrogen) atoms. The van der Waals surface area contributed by atoms with Crippen molar-refractivity contribution in [2.24, 2.45) is 5.92 Å². The lowest BCUT2D eigenvalue weighted by Gasteiger charge is -2.36. The van der Waals surface area contributed by atoms with Crippen LogP contribution in [0, 0.1) is 5.92 Å². The van der Waals surface area contributed by atoms with E-state index in [1.165, 1.54) is 32.5 Å². The van der Waals surface area contributed by atoms with Crippen LogP contribution in [-0.2, 0) is 4.74 Å². The summed E-state index contributed by atoms with van der Waals surface area (Å²) >= 11 is 0. The van der Waals surface area contributed by atoms with Crippen molar-refractivity contribution in [1.29, 1.82) is 0 Å². The van der Waals surface area contributed by atoms with E-state index in [4.69, 9.17) is 4.74 Å². The van der Waals surface area contributed by atoms with Gasteiger partial charge in [0.25, 0.3) is 0 Å². The highest BCUT2D eigenvalue weighted by Gasteiger charge is 2.41. The van der Waals surface area contributed by atoms with Gasteiger partial charge in [0.15, 0.2) is 0 Å². The molecule has 0 radical (unpaired) electrons. The Labute approximate surface area is 118 Å². The van der Waals surface area contributed by atoms with Crippen LogP contribution >= 0.6 is 12.4 Å². The van der Waals surface area contributed by atoms with Gasteiger partial charge >= 0.3 is 0 Å². The summed E-state index contributed by atoms with van der Waals surface area (Å²) in [5.74, 6) is 0.787. The summed E-state index contributed by atoms with van der Waals surface area (Å²) in [6.07, 6.45) is 3.85. The number of piperidine rings is 1. The number of rotatable bonds is 3. The normalized spacial score (nSPS) is 36.3. The van der Waals surface area contributed by atoms with Crippen molar-refractivity contribution in [1.82, 2.24) is 10.2 Å². The molecule has 2 rings (SSSR count). The highest BCUT2D eigenvalue weighted by Crippen LogP contribution is 2.31. The maximum atomic E-state index is 6.00. The summed E-state index contributed by atoms with van der Waals surface area (Å²) in [4.78, 5) is 2.57. The minimum atomic E-state index is -0.106. The Bertz CT molecular complexity index is 273. The Morgan fingerprint density at radius 3 is 2.61 bits per heavy atom. The molecule has 3 nitrogen and oxygen atoms in total. The molecule has 0 aromatic rings. The number of ether oxygens (including phenoxy) is 1. The number of nitrogens with one attached hydrogen (secondary N) is 1. The van der Waals surface area contributed by atoms with E-state index in [2.05, 4.69) is 37.9 Å². The fourth-order valence-corrected chi connectivity index (χ4v) is 3.39. The molecule has 0 aromatic carbocycles. The third kappa shape index (κ3) is 4.09. The van der Waals surface area contributed by atoms with Crippen LogP contribution in [0.1, 0.15) is 47.0 Å². The van der Waals surface area contributed by atoms with Gasteiger partial charge in [0.05, 0.1) is 6.61 Å². The SMILES string of the molecule is CCN1CCCC(CC2(C)NC(C)(C)CO2)C1.Cl. The van der Waals surface area contributed by atoms with Gasteiger partial charge in [0.2, 0.25) is 0 Å². The van der Waals surface area contributed by atoms with Crippen LogP contribution in [0.5, 0.6) is 0 Å². The number of halogens is 1. The van der Waals surface area contributed by atoms with Gasteiger partial charge in [0, 0.05) is 12.1 Å². The van der Waals surface area contributed by atoms with E-state index in [-0.39, 0.29) is 23.7 Å². The minimum Gasteiger partial charge on any atom is -0.359 e. The van der Waals surface area contributed by atoms with Gasteiger partial charge in [-0.2, -0.15) is 0 Å². The third-order valence-corrected chi connectivity index (χ3v) is 4.08. The highest BCUT2D eigenvalue weighted by atomic mass is 35.5. The van der Waals surface area contributed by atoms with Crippen LogP contribution in [0.2, 0.25) is 0 Å². The Kier molecular flexibility index (Phi) is 5.48. The topological polar surface area (TPSA) is 24.5 Å². The van der Waals surface area contributed by atoms with E-state index in [0.29, 0.717) is 0 Å². The van der Waals surface area contributed by atoms with Gasteiger partial charge in [-0.25, -0.2) is 0 Å². The van der Waals surface area contributed by atoms with Crippen molar-refractivity contribution in [3.8, 4) is 0 Å². The quantitative estimate of drug-likeness (QED) is 0.858. The minimum absolute atomic E-state index is 0. The fourth-order valence-electron chi connectivity index (χ4n) is 3.39. The first-order valence-corrected chi connectivity index (χ1v) is 7.08. The smallest absolute Gasteiger partial charge is 0.117 e. The molecule has 2 unspecified atom stereocenters. The second-order valence-electron chi connectivity index (χ2n) is 6.63. The van der Waals surface area contributed by atoms with Gasteiger partial charge in [-0.3, -0.25) is 5.32 Å². The standard InChI is InChI=1S/C14H28N2O.ClH/c1-5-16-8-6-7-12(10-16)9-14(4)15-13(2,3)11-17-14;/h12,15H,5-11H2,1-4H3;1H. The summed E-state index contributed by atoms with van der Waals surface area (Å²) < 4.78 is 6.00. The first-order chi connectivity index (χ1) is 7.92. The van der Waals surface area contributed by atoms with Crippen LogP contribution < -0.4 is 5.32 Å². The second-order valence-corrected chi connectivity index (χ2v) is 6.63. The molecule has 108 valence electrons. The Balaban J connectivity index is 0.00000162. The summed E-state index contributed by atoms with van der Waals surface area (Å²) in [7, 11) is 0. The van der Waals surface area contributed by atoms with Crippen LogP contribution in [-0.4, -0.2) is 42.4 Å². The lowest BCUT2D eigenvalue weighted by atomic mass is 9.90. The highest BCUT2D eigenvalue weighted by molar-refractivity contribution is 5.85. The van der Waals surface area contributed by atoms with E-state index >= 15 is 0 Å². The number of nitrogens with zero attached hydrogens (tertiary/aromatic N) is 1. The molecule has 2 aliphatic heterocycles. The summed E-state index contributed by atoms with van der Waals surface area (Å²) in [6, 6.07) is 0. The lowest BCUT2D eigenvalue weighted by Crippen LogP contribution is -2.49. The molecule has 0 aliphatic carbocycles. The maximum Gasteiger partial charge on any atom is 0.117 e. The molecule has 0 bridgehead atoms. The van der Waals surface area contributed by atoms with Crippen LogP contribution in [0.25, 0.3) is 0 Å². The van der Waals surface area contributed by atoms with Gasteiger partial charge < -0.3 is 9.64 Å². The molecule has 2 heterocycles. The van der Waals surface area contributed by atoms with E-state index in [9.17, 15) is 0 Å². The number of likely N-dealkylation sites (tertiary alicyclic amines) is 1.